The van der Waals surface area contributed by atoms with Crippen molar-refractivity contribution in [1.82, 2.24) is 4.90 Å². The van der Waals surface area contributed by atoms with Gasteiger partial charge >= 0.3 is 6.09 Å². The Morgan fingerprint density at radius 2 is 1.67 bits per heavy atom. The molecule has 0 saturated carbocycles. The molecule has 1 aliphatic rings. The number of carbonyl (C=O) groups is 2. The van der Waals surface area contributed by atoms with E-state index in [-0.39, 0.29) is 11.8 Å². The lowest BCUT2D eigenvalue weighted by atomic mass is 9.71. The Labute approximate surface area is 161 Å². The number of imide groups is 1. The van der Waals surface area contributed by atoms with E-state index in [1.165, 1.54) is 4.90 Å². The van der Waals surface area contributed by atoms with Crippen molar-refractivity contribution in [1.29, 1.82) is 0 Å². The first-order chi connectivity index (χ1) is 12.6. The topological polar surface area (TPSA) is 46.6 Å². The van der Waals surface area contributed by atoms with E-state index in [4.69, 9.17) is 4.74 Å². The van der Waals surface area contributed by atoms with E-state index in [0.717, 1.165) is 16.7 Å². The summed E-state index contributed by atoms with van der Waals surface area (Å²) in [6.45, 7) is 9.69. The van der Waals surface area contributed by atoms with Crippen LogP contribution in [0.25, 0.3) is 0 Å². The fourth-order valence-corrected chi connectivity index (χ4v) is 3.70. The van der Waals surface area contributed by atoms with Crippen LogP contribution in [-0.4, -0.2) is 29.0 Å². The highest BCUT2D eigenvalue weighted by Crippen LogP contribution is 2.46. The van der Waals surface area contributed by atoms with E-state index in [1.54, 1.807) is 20.8 Å². The van der Waals surface area contributed by atoms with E-state index in [0.29, 0.717) is 6.54 Å². The minimum Gasteiger partial charge on any atom is -0.443 e. The van der Waals surface area contributed by atoms with E-state index in [1.807, 2.05) is 68.4 Å². The number of amides is 2. The quantitative estimate of drug-likeness (QED) is 0.767. The van der Waals surface area contributed by atoms with Crippen LogP contribution in [0.2, 0.25) is 0 Å². The van der Waals surface area contributed by atoms with Crippen LogP contribution < -0.4 is 0 Å². The molecular formula is C23H27NO3. The number of hydrogen-bond donors (Lipinski definition) is 0. The van der Waals surface area contributed by atoms with Crippen LogP contribution >= 0.6 is 0 Å². The van der Waals surface area contributed by atoms with Gasteiger partial charge in [0.25, 0.3) is 0 Å². The number of aryl methyl sites for hydroxylation is 1. The molecule has 0 N–H and O–H groups in total. The van der Waals surface area contributed by atoms with Crippen LogP contribution in [0.3, 0.4) is 0 Å². The summed E-state index contributed by atoms with van der Waals surface area (Å²) < 4.78 is 5.49. The number of hydrogen-bond acceptors (Lipinski definition) is 3. The van der Waals surface area contributed by atoms with Crippen LogP contribution in [0.15, 0.2) is 54.6 Å². The Balaban J connectivity index is 2.05. The number of benzene rings is 2. The van der Waals surface area contributed by atoms with Gasteiger partial charge in [0.2, 0.25) is 5.91 Å². The zero-order valence-electron chi connectivity index (χ0n) is 16.7. The van der Waals surface area contributed by atoms with Gasteiger partial charge in [0.15, 0.2) is 0 Å². The number of nitrogens with zero attached hydrogens (tertiary/aromatic N) is 1. The Hall–Kier alpha value is -2.62. The van der Waals surface area contributed by atoms with E-state index in [2.05, 4.69) is 0 Å². The van der Waals surface area contributed by atoms with Gasteiger partial charge in [-0.25, -0.2) is 9.69 Å². The standard InChI is InChI=1S/C23H27NO3/c1-16-11-13-17(14-12-16)19-15-24(21(26)27-22(2,3)4)20(25)23(19,5)18-9-7-6-8-10-18/h6-14,19H,15H2,1-5H3/t19-,23+/m0/s1. The average Bonchev–Trinajstić information content (AvgIpc) is 2.88. The third-order valence-electron chi connectivity index (χ3n) is 5.22. The molecule has 2 aromatic rings. The molecular weight excluding hydrogens is 338 g/mol. The number of carbonyl (C=O) groups excluding carboxylic acids is 2. The summed E-state index contributed by atoms with van der Waals surface area (Å²) in [6, 6.07) is 17.9. The van der Waals surface area contributed by atoms with Gasteiger partial charge in [-0.15, -0.1) is 0 Å². The molecule has 0 aliphatic carbocycles. The third-order valence-corrected chi connectivity index (χ3v) is 5.22. The van der Waals surface area contributed by atoms with E-state index >= 15 is 0 Å². The molecule has 0 spiro atoms. The second-order valence-corrected chi connectivity index (χ2v) is 8.43. The van der Waals surface area contributed by atoms with Gasteiger partial charge in [0.05, 0.1) is 5.41 Å². The minimum atomic E-state index is -0.826. The lowest BCUT2D eigenvalue weighted by molar-refractivity contribution is -0.131. The van der Waals surface area contributed by atoms with Crippen LogP contribution in [0, 0.1) is 6.92 Å². The lowest BCUT2D eigenvalue weighted by Gasteiger charge is -2.29. The SMILES string of the molecule is Cc1ccc([C@@H]2CN(C(=O)OC(C)(C)C)C(=O)[C@]2(C)c2ccccc2)cc1. The summed E-state index contributed by atoms with van der Waals surface area (Å²) >= 11 is 0. The second-order valence-electron chi connectivity index (χ2n) is 8.43. The first kappa shape index (κ1) is 19.2. The molecule has 27 heavy (non-hydrogen) atoms. The summed E-state index contributed by atoms with van der Waals surface area (Å²) in [7, 11) is 0. The van der Waals surface area contributed by atoms with Gasteiger partial charge in [-0.05, 0) is 45.7 Å². The summed E-state index contributed by atoms with van der Waals surface area (Å²) in [5.41, 5.74) is 1.64. The molecule has 1 aliphatic heterocycles. The molecule has 4 heteroatoms. The monoisotopic (exact) mass is 365 g/mol. The summed E-state index contributed by atoms with van der Waals surface area (Å²) in [6.07, 6.45) is -0.579. The molecule has 1 saturated heterocycles. The normalized spacial score (nSPS) is 22.8. The molecule has 1 fully saturated rings. The van der Waals surface area contributed by atoms with Crippen molar-refractivity contribution >= 4 is 12.0 Å². The van der Waals surface area contributed by atoms with Crippen molar-refractivity contribution in [3.8, 4) is 0 Å². The maximum Gasteiger partial charge on any atom is 0.417 e. The Morgan fingerprint density at radius 3 is 2.22 bits per heavy atom. The maximum atomic E-state index is 13.4. The maximum absolute atomic E-state index is 13.4. The van der Waals surface area contributed by atoms with Crippen LogP contribution in [-0.2, 0) is 14.9 Å². The third kappa shape index (κ3) is 3.61. The first-order valence-electron chi connectivity index (χ1n) is 9.30. The molecule has 4 nitrogen and oxygen atoms in total. The zero-order chi connectivity index (χ0) is 19.8. The van der Waals surface area contributed by atoms with Crippen molar-refractivity contribution in [2.24, 2.45) is 0 Å². The van der Waals surface area contributed by atoms with Crippen LogP contribution in [0.1, 0.15) is 50.3 Å². The van der Waals surface area contributed by atoms with Gasteiger partial charge in [0, 0.05) is 12.5 Å². The number of likely N-dealkylation sites (tertiary alicyclic amines) is 1. The number of rotatable bonds is 2. The van der Waals surface area contributed by atoms with E-state index in [9.17, 15) is 9.59 Å². The first-order valence-corrected chi connectivity index (χ1v) is 9.30. The van der Waals surface area contributed by atoms with Crippen LogP contribution in [0.5, 0.6) is 0 Å². The summed E-state index contributed by atoms with van der Waals surface area (Å²) in [4.78, 5) is 27.4. The fraction of sp³-hybridized carbons (Fsp3) is 0.391. The predicted octanol–water partition coefficient (Wildman–Crippen LogP) is 4.81. The zero-order valence-corrected chi connectivity index (χ0v) is 16.7. The van der Waals surface area contributed by atoms with Gasteiger partial charge in [0.1, 0.15) is 5.60 Å². The summed E-state index contributed by atoms with van der Waals surface area (Å²) in [5.74, 6) is -0.353. The minimum absolute atomic E-state index is 0.138. The lowest BCUT2D eigenvalue weighted by Crippen LogP contribution is -2.42. The Bertz CT molecular complexity index is 836. The molecule has 2 amide bonds. The van der Waals surface area contributed by atoms with Crippen molar-refractivity contribution in [2.45, 2.75) is 51.6 Å². The number of ether oxygens (including phenoxy) is 1. The van der Waals surface area contributed by atoms with Gasteiger partial charge < -0.3 is 4.74 Å². The van der Waals surface area contributed by atoms with Gasteiger partial charge in [-0.1, -0.05) is 60.2 Å². The van der Waals surface area contributed by atoms with Crippen molar-refractivity contribution in [3.05, 3.63) is 71.3 Å². The largest absolute Gasteiger partial charge is 0.443 e. The second kappa shape index (κ2) is 6.84. The molecule has 142 valence electrons. The average molecular weight is 365 g/mol. The molecule has 0 aromatic heterocycles. The highest BCUT2D eigenvalue weighted by atomic mass is 16.6. The van der Waals surface area contributed by atoms with Crippen molar-refractivity contribution in [2.75, 3.05) is 6.54 Å². The Kier molecular flexibility index (Phi) is 4.85. The molecule has 0 bridgehead atoms. The highest BCUT2D eigenvalue weighted by Gasteiger charge is 2.54. The molecule has 2 atom stereocenters. The van der Waals surface area contributed by atoms with Gasteiger partial charge in [-0.2, -0.15) is 0 Å². The molecule has 2 aromatic carbocycles. The van der Waals surface area contributed by atoms with E-state index < -0.39 is 17.1 Å². The molecule has 0 radical (unpaired) electrons. The molecule has 1 heterocycles. The summed E-state index contributed by atoms with van der Waals surface area (Å²) in [5, 5.41) is 0. The fourth-order valence-electron chi connectivity index (χ4n) is 3.70. The van der Waals surface area contributed by atoms with Crippen LogP contribution in [0.4, 0.5) is 4.79 Å². The van der Waals surface area contributed by atoms with Crippen molar-refractivity contribution < 1.29 is 14.3 Å². The smallest absolute Gasteiger partial charge is 0.417 e. The molecule has 0 unspecified atom stereocenters. The predicted molar refractivity (Wildman–Crippen MR) is 106 cm³/mol. The van der Waals surface area contributed by atoms with Crippen molar-refractivity contribution in [3.63, 3.8) is 0 Å². The van der Waals surface area contributed by atoms with Gasteiger partial charge in [-0.3, -0.25) is 4.79 Å². The molecule has 3 rings (SSSR count). The highest BCUT2D eigenvalue weighted by molar-refractivity contribution is 6.01. The Morgan fingerprint density at radius 1 is 1.07 bits per heavy atom.